The van der Waals surface area contributed by atoms with Crippen LogP contribution in [0.15, 0.2) is 36.4 Å². The molecule has 1 saturated heterocycles. The molecule has 0 radical (unpaired) electrons. The third-order valence-electron chi connectivity index (χ3n) is 10.5. The van der Waals surface area contributed by atoms with Gasteiger partial charge in [0, 0.05) is 25.6 Å². The average Bonchev–Trinajstić information content (AvgIpc) is 3.68. The first-order valence-corrected chi connectivity index (χ1v) is 16.3. The number of nitrogens with zero attached hydrogens (tertiary/aromatic N) is 2. The van der Waals surface area contributed by atoms with Crippen molar-refractivity contribution in [1.82, 2.24) is 9.80 Å². The zero-order valence-electron chi connectivity index (χ0n) is 24.7. The number of carbonyl (C=O) groups is 2. The summed E-state index contributed by atoms with van der Waals surface area (Å²) in [4.78, 5) is 31.8. The van der Waals surface area contributed by atoms with E-state index in [1.807, 2.05) is 6.07 Å². The van der Waals surface area contributed by atoms with Gasteiger partial charge in [0.15, 0.2) is 0 Å². The highest BCUT2D eigenvalue weighted by molar-refractivity contribution is 6.42. The molecule has 2 bridgehead atoms. The fourth-order valence-corrected chi connectivity index (χ4v) is 9.24. The van der Waals surface area contributed by atoms with E-state index in [0.717, 1.165) is 49.6 Å². The van der Waals surface area contributed by atoms with Gasteiger partial charge in [-0.3, -0.25) is 14.5 Å². The summed E-state index contributed by atoms with van der Waals surface area (Å²) in [5, 5.41) is 0.932. The molecule has 1 amide bonds. The molecule has 0 aromatic heterocycles. The number of esters is 1. The van der Waals surface area contributed by atoms with Gasteiger partial charge in [-0.05, 0) is 86.2 Å². The van der Waals surface area contributed by atoms with Crippen molar-refractivity contribution in [2.75, 3.05) is 19.6 Å². The van der Waals surface area contributed by atoms with Crippen LogP contribution in [0.25, 0.3) is 0 Å². The van der Waals surface area contributed by atoms with E-state index >= 15 is 0 Å². The van der Waals surface area contributed by atoms with Gasteiger partial charge in [0.25, 0.3) is 0 Å². The van der Waals surface area contributed by atoms with Crippen LogP contribution in [0.4, 0.5) is 0 Å². The Kier molecular flexibility index (Phi) is 7.07. The third-order valence-corrected chi connectivity index (χ3v) is 11.3. The summed E-state index contributed by atoms with van der Waals surface area (Å²) in [5.41, 5.74) is 2.21. The van der Waals surface area contributed by atoms with Crippen LogP contribution in [0.2, 0.25) is 10.0 Å². The van der Waals surface area contributed by atoms with Crippen molar-refractivity contribution >= 4 is 35.1 Å². The van der Waals surface area contributed by atoms with E-state index in [1.54, 1.807) is 19.1 Å². The molecule has 0 unspecified atom stereocenters. The minimum Gasteiger partial charge on any atom is -0.487 e. The monoisotopic (exact) mass is 610 g/mol. The second-order valence-electron chi connectivity index (χ2n) is 13.7. The number of benzene rings is 2. The van der Waals surface area contributed by atoms with Crippen molar-refractivity contribution in [1.29, 1.82) is 0 Å². The van der Waals surface area contributed by atoms with Crippen molar-refractivity contribution in [2.24, 2.45) is 11.8 Å². The second-order valence-corrected chi connectivity index (χ2v) is 14.5. The first-order chi connectivity index (χ1) is 20.1. The number of halogens is 2. The molecule has 8 heteroatoms. The number of amides is 1. The van der Waals surface area contributed by atoms with Crippen LogP contribution in [-0.2, 0) is 32.6 Å². The lowest BCUT2D eigenvalue weighted by molar-refractivity contribution is -0.224. The molecule has 7 rings (SSSR count). The van der Waals surface area contributed by atoms with Crippen molar-refractivity contribution in [3.05, 3.63) is 63.1 Å². The van der Waals surface area contributed by atoms with E-state index in [2.05, 4.69) is 41.8 Å². The molecule has 42 heavy (non-hydrogen) atoms. The van der Waals surface area contributed by atoms with E-state index in [1.165, 1.54) is 24.0 Å². The molecule has 6 nitrogen and oxygen atoms in total. The van der Waals surface area contributed by atoms with Gasteiger partial charge in [-0.25, -0.2) is 0 Å². The molecule has 5 atom stereocenters. The Morgan fingerprint density at radius 2 is 1.93 bits per heavy atom. The molecule has 5 aliphatic rings. The Morgan fingerprint density at radius 1 is 1.12 bits per heavy atom. The molecule has 2 aliphatic heterocycles. The SMILES string of the molecule is CC(=O)O[C@@]12CC[C@H](N(CC(C)C)C(=O)Cc3ccc(Cl)c(Cl)c3)[C@@H]3Oc4cccc5c4[C@@]31CCN(CC1CC1)[C@@H]2C5. The van der Waals surface area contributed by atoms with Crippen LogP contribution in [0.1, 0.15) is 69.6 Å². The number of hydrogen-bond donors (Lipinski definition) is 0. The second kappa shape index (κ2) is 10.4. The quantitative estimate of drug-likeness (QED) is 0.332. The van der Waals surface area contributed by atoms with Gasteiger partial charge in [0.2, 0.25) is 5.91 Å². The molecule has 2 aromatic carbocycles. The van der Waals surface area contributed by atoms with Crippen LogP contribution in [0.3, 0.4) is 0 Å². The zero-order chi connectivity index (χ0) is 29.4. The van der Waals surface area contributed by atoms with E-state index in [-0.39, 0.29) is 42.4 Å². The van der Waals surface area contributed by atoms with Gasteiger partial charge in [-0.15, -0.1) is 0 Å². The maximum Gasteiger partial charge on any atom is 0.303 e. The predicted molar refractivity (Wildman–Crippen MR) is 163 cm³/mol. The molecular formula is C34H40Cl2N2O4. The number of likely N-dealkylation sites (tertiary alicyclic amines) is 1. The number of piperidine rings is 1. The summed E-state index contributed by atoms with van der Waals surface area (Å²) in [5.74, 6) is 1.75. The summed E-state index contributed by atoms with van der Waals surface area (Å²) < 4.78 is 13.6. The Bertz CT molecular complexity index is 1430. The fourth-order valence-electron chi connectivity index (χ4n) is 8.92. The van der Waals surface area contributed by atoms with E-state index in [4.69, 9.17) is 32.7 Å². The molecule has 1 spiro atoms. The van der Waals surface area contributed by atoms with Gasteiger partial charge in [-0.1, -0.05) is 55.2 Å². The highest BCUT2D eigenvalue weighted by atomic mass is 35.5. The van der Waals surface area contributed by atoms with Crippen molar-refractivity contribution in [3.63, 3.8) is 0 Å². The van der Waals surface area contributed by atoms with Crippen molar-refractivity contribution in [2.45, 2.75) is 94.9 Å². The summed E-state index contributed by atoms with van der Waals surface area (Å²) >= 11 is 12.5. The van der Waals surface area contributed by atoms with Gasteiger partial charge in [-0.2, -0.15) is 0 Å². The molecular weight excluding hydrogens is 571 g/mol. The number of rotatable bonds is 8. The smallest absolute Gasteiger partial charge is 0.303 e. The standard InChI is InChI=1S/C34H40Cl2N2O4/c1-20(2)18-38(30(40)16-23-9-10-25(35)26(36)15-23)27-11-12-34(42-21(3)39)29-17-24-5-4-6-28-31(24)33(34,32(27)41-28)13-14-37(29)19-22-7-8-22/h4-6,9-10,15,20,22,27,29,32H,7-8,11-14,16-19H2,1-3H3/t27-,29+,32-,33-,34+/m0/s1. The molecule has 2 aromatic rings. The maximum atomic E-state index is 14.2. The normalized spacial score (nSPS) is 31.0. The average molecular weight is 612 g/mol. The van der Waals surface area contributed by atoms with Gasteiger partial charge in [0.1, 0.15) is 17.5 Å². The lowest BCUT2D eigenvalue weighted by atomic mass is 9.48. The summed E-state index contributed by atoms with van der Waals surface area (Å²) in [7, 11) is 0. The Morgan fingerprint density at radius 3 is 2.64 bits per heavy atom. The Hall–Kier alpha value is -2.28. The lowest BCUT2D eigenvalue weighted by Crippen LogP contribution is -2.79. The van der Waals surface area contributed by atoms with Gasteiger partial charge in [0.05, 0.1) is 34.0 Å². The minimum absolute atomic E-state index is 0.0572. The lowest BCUT2D eigenvalue weighted by Gasteiger charge is -2.66. The van der Waals surface area contributed by atoms with Crippen LogP contribution in [0.5, 0.6) is 5.75 Å². The maximum absolute atomic E-state index is 14.2. The molecule has 2 saturated carbocycles. The number of hydrogen-bond acceptors (Lipinski definition) is 5. The molecule has 224 valence electrons. The largest absolute Gasteiger partial charge is 0.487 e. The minimum atomic E-state index is -0.678. The molecule has 0 N–H and O–H groups in total. The van der Waals surface area contributed by atoms with E-state index in [0.29, 0.717) is 23.0 Å². The molecule has 3 fully saturated rings. The topological polar surface area (TPSA) is 59.1 Å². The first-order valence-electron chi connectivity index (χ1n) is 15.6. The predicted octanol–water partition coefficient (Wildman–Crippen LogP) is 6.22. The van der Waals surface area contributed by atoms with Crippen LogP contribution in [0, 0.1) is 11.8 Å². The van der Waals surface area contributed by atoms with Crippen molar-refractivity contribution < 1.29 is 19.1 Å². The Labute approximate surface area is 258 Å². The zero-order valence-corrected chi connectivity index (χ0v) is 26.2. The number of ether oxygens (including phenoxy) is 2. The first kappa shape index (κ1) is 28.5. The number of carbonyl (C=O) groups excluding carboxylic acids is 2. The molecule has 2 heterocycles. The fraction of sp³-hybridized carbons (Fsp3) is 0.588. The highest BCUT2D eigenvalue weighted by Gasteiger charge is 2.75. The highest BCUT2D eigenvalue weighted by Crippen LogP contribution is 2.66. The summed E-state index contributed by atoms with van der Waals surface area (Å²) in [6.07, 6.45) is 5.67. The summed E-state index contributed by atoms with van der Waals surface area (Å²) in [6, 6.07) is 11.8. The van der Waals surface area contributed by atoms with Gasteiger partial charge < -0.3 is 14.4 Å². The van der Waals surface area contributed by atoms with Crippen LogP contribution < -0.4 is 4.74 Å². The van der Waals surface area contributed by atoms with Crippen molar-refractivity contribution in [3.8, 4) is 5.75 Å². The van der Waals surface area contributed by atoms with Crippen LogP contribution >= 0.6 is 23.2 Å². The summed E-state index contributed by atoms with van der Waals surface area (Å²) in [6.45, 7) is 8.50. The Balaban J connectivity index is 1.31. The van der Waals surface area contributed by atoms with E-state index in [9.17, 15) is 9.59 Å². The third kappa shape index (κ3) is 4.38. The van der Waals surface area contributed by atoms with Gasteiger partial charge >= 0.3 is 5.97 Å². The van der Waals surface area contributed by atoms with E-state index < -0.39 is 11.0 Å². The molecule has 3 aliphatic carbocycles. The van der Waals surface area contributed by atoms with Crippen LogP contribution in [-0.4, -0.2) is 65.1 Å².